The molecule has 0 fully saturated rings. The number of anilines is 2. The van der Waals surface area contributed by atoms with Crippen molar-refractivity contribution in [2.75, 3.05) is 17.2 Å². The molecule has 3 rings (SSSR count). The van der Waals surface area contributed by atoms with Crippen molar-refractivity contribution in [3.63, 3.8) is 0 Å². The number of Topliss-reactive ketones (excluding diaryl/α,β-unsaturated/α-hetero) is 1. The number of hydrogen-bond acceptors (Lipinski definition) is 8. The molecule has 0 saturated carbocycles. The second-order valence-electron chi connectivity index (χ2n) is 5.50. The molecule has 0 spiro atoms. The number of thiophene rings is 1. The van der Waals surface area contributed by atoms with Gasteiger partial charge in [-0.2, -0.15) is 15.0 Å². The first-order valence-electron chi connectivity index (χ1n) is 7.56. The summed E-state index contributed by atoms with van der Waals surface area (Å²) in [6.45, 7) is 4.76. The highest BCUT2D eigenvalue weighted by atomic mass is 32.2. The van der Waals surface area contributed by atoms with Crippen LogP contribution in [0.25, 0.3) is 0 Å². The first-order valence-corrected chi connectivity index (χ1v) is 9.42. The van der Waals surface area contributed by atoms with Gasteiger partial charge in [-0.3, -0.25) is 4.79 Å². The number of carbonyl (C=O) groups is 1. The van der Waals surface area contributed by atoms with Gasteiger partial charge in [0.2, 0.25) is 11.9 Å². The number of rotatable bonds is 6. The largest absolute Gasteiger partial charge is 0.368 e. The Kier molecular flexibility index (Phi) is 5.05. The van der Waals surface area contributed by atoms with Gasteiger partial charge < -0.3 is 16.0 Å². The Balaban J connectivity index is 1.74. The SMILES string of the molecule is Cc1cc(C(=O)CSc2nc(N)nc(N)n2)c(C)n1Cc1cccs1. The highest BCUT2D eigenvalue weighted by Gasteiger charge is 2.17. The summed E-state index contributed by atoms with van der Waals surface area (Å²) in [6, 6.07) is 6.06. The zero-order valence-corrected chi connectivity index (χ0v) is 15.5. The van der Waals surface area contributed by atoms with Crippen LogP contribution >= 0.6 is 23.1 Å². The van der Waals surface area contributed by atoms with Crippen LogP contribution in [0.4, 0.5) is 11.9 Å². The van der Waals surface area contributed by atoms with Crippen LogP contribution in [0, 0.1) is 13.8 Å². The molecule has 25 heavy (non-hydrogen) atoms. The number of hydrogen-bond donors (Lipinski definition) is 2. The molecular formula is C16H18N6OS2. The van der Waals surface area contributed by atoms with E-state index in [1.54, 1.807) is 11.3 Å². The molecule has 3 heterocycles. The van der Waals surface area contributed by atoms with E-state index < -0.39 is 0 Å². The van der Waals surface area contributed by atoms with Gasteiger partial charge in [-0.25, -0.2) is 0 Å². The van der Waals surface area contributed by atoms with Gasteiger partial charge in [0, 0.05) is 21.8 Å². The first kappa shape index (κ1) is 17.4. The highest BCUT2D eigenvalue weighted by molar-refractivity contribution is 7.99. The van der Waals surface area contributed by atoms with Crippen molar-refractivity contribution in [1.82, 2.24) is 19.5 Å². The van der Waals surface area contributed by atoms with Gasteiger partial charge in [-0.05, 0) is 31.4 Å². The van der Waals surface area contributed by atoms with E-state index in [4.69, 9.17) is 11.5 Å². The van der Waals surface area contributed by atoms with Crippen molar-refractivity contribution in [2.45, 2.75) is 25.5 Å². The smallest absolute Gasteiger partial charge is 0.225 e. The zero-order chi connectivity index (χ0) is 18.0. The molecule has 0 radical (unpaired) electrons. The van der Waals surface area contributed by atoms with Gasteiger partial charge in [0.05, 0.1) is 12.3 Å². The lowest BCUT2D eigenvalue weighted by Gasteiger charge is -2.08. The molecule has 4 N–H and O–H groups in total. The average Bonchev–Trinajstić information content (AvgIpc) is 3.15. The molecule has 0 unspecified atom stereocenters. The molecule has 9 heteroatoms. The van der Waals surface area contributed by atoms with Crippen molar-refractivity contribution < 1.29 is 4.79 Å². The summed E-state index contributed by atoms with van der Waals surface area (Å²) >= 11 is 2.91. The molecule has 0 amide bonds. The van der Waals surface area contributed by atoms with E-state index in [2.05, 4.69) is 31.0 Å². The second-order valence-corrected chi connectivity index (χ2v) is 7.47. The van der Waals surface area contributed by atoms with Crippen LogP contribution in [0.15, 0.2) is 28.7 Å². The molecule has 3 aromatic heterocycles. The van der Waals surface area contributed by atoms with E-state index in [1.807, 2.05) is 26.0 Å². The van der Waals surface area contributed by atoms with Crippen LogP contribution < -0.4 is 11.5 Å². The summed E-state index contributed by atoms with van der Waals surface area (Å²) in [6.07, 6.45) is 0. The van der Waals surface area contributed by atoms with Crippen molar-refractivity contribution in [3.05, 3.63) is 45.4 Å². The summed E-state index contributed by atoms with van der Waals surface area (Å²) < 4.78 is 2.16. The zero-order valence-electron chi connectivity index (χ0n) is 13.9. The quantitative estimate of drug-likeness (QED) is 0.503. The lowest BCUT2D eigenvalue weighted by molar-refractivity contribution is 0.102. The fraction of sp³-hybridized carbons (Fsp3) is 0.250. The maximum absolute atomic E-state index is 12.6. The highest BCUT2D eigenvalue weighted by Crippen LogP contribution is 2.22. The Morgan fingerprint density at radius 2 is 1.96 bits per heavy atom. The molecule has 130 valence electrons. The van der Waals surface area contributed by atoms with Gasteiger partial charge in [-0.1, -0.05) is 17.8 Å². The van der Waals surface area contributed by atoms with E-state index in [9.17, 15) is 4.79 Å². The molecule has 0 aliphatic carbocycles. The number of nitrogens with zero attached hydrogens (tertiary/aromatic N) is 4. The minimum Gasteiger partial charge on any atom is -0.368 e. The Morgan fingerprint density at radius 3 is 2.60 bits per heavy atom. The third-order valence-electron chi connectivity index (χ3n) is 3.75. The Bertz CT molecular complexity index is 883. The predicted molar refractivity (Wildman–Crippen MR) is 101 cm³/mol. The second kappa shape index (κ2) is 7.24. The first-order chi connectivity index (χ1) is 11.9. The van der Waals surface area contributed by atoms with Crippen LogP contribution in [0.1, 0.15) is 26.6 Å². The maximum Gasteiger partial charge on any atom is 0.225 e. The molecule has 3 aromatic rings. The van der Waals surface area contributed by atoms with Crippen LogP contribution in [0.5, 0.6) is 0 Å². The van der Waals surface area contributed by atoms with Gasteiger partial charge >= 0.3 is 0 Å². The third-order valence-corrected chi connectivity index (χ3v) is 5.46. The predicted octanol–water partition coefficient (Wildman–Crippen LogP) is 2.54. The number of nitrogens with two attached hydrogens (primary N) is 2. The number of nitrogen functional groups attached to an aromatic ring is 2. The fourth-order valence-corrected chi connectivity index (χ4v) is 3.97. The fourth-order valence-electron chi connectivity index (χ4n) is 2.55. The molecular weight excluding hydrogens is 356 g/mol. The summed E-state index contributed by atoms with van der Waals surface area (Å²) in [5.41, 5.74) is 13.8. The molecule has 0 aliphatic heterocycles. The van der Waals surface area contributed by atoms with Crippen molar-refractivity contribution in [3.8, 4) is 0 Å². The topological polar surface area (TPSA) is 113 Å². The number of aryl methyl sites for hydroxylation is 1. The summed E-state index contributed by atoms with van der Waals surface area (Å²) in [7, 11) is 0. The van der Waals surface area contributed by atoms with Gasteiger partial charge in [0.15, 0.2) is 10.9 Å². The van der Waals surface area contributed by atoms with E-state index in [0.717, 1.165) is 23.5 Å². The lowest BCUT2D eigenvalue weighted by Crippen LogP contribution is -2.08. The summed E-state index contributed by atoms with van der Waals surface area (Å²) in [4.78, 5) is 25.5. The van der Waals surface area contributed by atoms with E-state index in [-0.39, 0.29) is 23.4 Å². The van der Waals surface area contributed by atoms with Crippen molar-refractivity contribution in [1.29, 1.82) is 0 Å². The average molecular weight is 374 g/mol. The van der Waals surface area contributed by atoms with Crippen LogP contribution in [0.2, 0.25) is 0 Å². The molecule has 0 aromatic carbocycles. The maximum atomic E-state index is 12.6. The minimum absolute atomic E-state index is 0.0214. The van der Waals surface area contributed by atoms with Crippen LogP contribution in [-0.4, -0.2) is 31.1 Å². The monoisotopic (exact) mass is 374 g/mol. The standard InChI is InChI=1S/C16H18N6OS2/c1-9-6-12(10(2)22(9)7-11-4-3-5-24-11)13(23)8-25-16-20-14(17)19-15(18)21-16/h3-6H,7-8H2,1-2H3,(H4,17,18,19,20,21). The molecule has 0 bridgehead atoms. The minimum atomic E-state index is 0.0214. The van der Waals surface area contributed by atoms with Crippen molar-refractivity contribution in [2.24, 2.45) is 0 Å². The Hall–Kier alpha value is -2.39. The number of ketones is 1. The summed E-state index contributed by atoms with van der Waals surface area (Å²) in [5, 5.41) is 2.41. The number of aromatic nitrogens is 4. The van der Waals surface area contributed by atoms with E-state index in [0.29, 0.717) is 5.16 Å². The van der Waals surface area contributed by atoms with Gasteiger partial charge in [-0.15, -0.1) is 11.3 Å². The normalized spacial score (nSPS) is 11.0. The van der Waals surface area contributed by atoms with Crippen LogP contribution in [-0.2, 0) is 6.54 Å². The Labute approximate surface area is 153 Å². The molecule has 0 atom stereocenters. The van der Waals surface area contributed by atoms with Gasteiger partial charge in [0.25, 0.3) is 0 Å². The molecule has 0 aliphatic rings. The summed E-state index contributed by atoms with van der Waals surface area (Å²) in [5.74, 6) is 0.341. The Morgan fingerprint density at radius 1 is 1.24 bits per heavy atom. The number of thioether (sulfide) groups is 1. The molecule has 0 saturated heterocycles. The number of carbonyl (C=O) groups excluding carboxylic acids is 1. The van der Waals surface area contributed by atoms with Crippen LogP contribution in [0.3, 0.4) is 0 Å². The molecule has 7 nitrogen and oxygen atoms in total. The third kappa shape index (κ3) is 3.99. The van der Waals surface area contributed by atoms with E-state index in [1.165, 1.54) is 16.6 Å². The van der Waals surface area contributed by atoms with Gasteiger partial charge in [0.1, 0.15) is 0 Å². The van der Waals surface area contributed by atoms with E-state index >= 15 is 0 Å². The van der Waals surface area contributed by atoms with Crippen molar-refractivity contribution >= 4 is 40.8 Å². The lowest BCUT2D eigenvalue weighted by atomic mass is 10.2.